The molecule has 146 valence electrons. The van der Waals surface area contributed by atoms with Gasteiger partial charge in [0.05, 0.1) is 17.0 Å². The van der Waals surface area contributed by atoms with Gasteiger partial charge in [0.2, 0.25) is 5.91 Å². The fourth-order valence-corrected chi connectivity index (χ4v) is 3.24. The van der Waals surface area contributed by atoms with Crippen LogP contribution in [0.2, 0.25) is 0 Å². The van der Waals surface area contributed by atoms with Crippen molar-refractivity contribution in [1.29, 1.82) is 0 Å². The molecule has 1 heterocycles. The topological polar surface area (TPSA) is 93.3 Å². The number of aryl methyl sites for hydroxylation is 1. The normalized spacial score (nSPS) is 12.1. The third-order valence-electron chi connectivity index (χ3n) is 4.74. The number of carboxylic acid groups (broad SMARTS) is 1. The molecule has 28 heavy (non-hydrogen) atoms. The highest BCUT2D eigenvalue weighted by Crippen LogP contribution is 2.15. The van der Waals surface area contributed by atoms with Crippen LogP contribution in [0.15, 0.2) is 53.3 Å². The van der Waals surface area contributed by atoms with Crippen molar-refractivity contribution in [2.24, 2.45) is 5.92 Å². The molecular formula is C21H23N3O4. The zero-order valence-corrected chi connectivity index (χ0v) is 15.9. The molecule has 1 unspecified atom stereocenters. The van der Waals surface area contributed by atoms with Crippen LogP contribution in [0.5, 0.6) is 0 Å². The van der Waals surface area contributed by atoms with Crippen LogP contribution in [-0.4, -0.2) is 26.1 Å². The van der Waals surface area contributed by atoms with Crippen LogP contribution >= 0.6 is 0 Å². The monoisotopic (exact) mass is 381 g/mol. The number of para-hydroxylation sites is 2. The van der Waals surface area contributed by atoms with Gasteiger partial charge in [0.15, 0.2) is 0 Å². The fraction of sp³-hybridized carbons (Fsp3) is 0.286. The maximum atomic E-state index is 12.6. The highest BCUT2D eigenvalue weighted by molar-refractivity contribution is 5.91. The van der Waals surface area contributed by atoms with E-state index in [2.05, 4.69) is 5.32 Å². The van der Waals surface area contributed by atoms with E-state index < -0.39 is 11.9 Å². The van der Waals surface area contributed by atoms with E-state index in [1.807, 2.05) is 31.2 Å². The minimum Gasteiger partial charge on any atom is -0.481 e. The summed E-state index contributed by atoms with van der Waals surface area (Å²) in [6.45, 7) is 4.00. The summed E-state index contributed by atoms with van der Waals surface area (Å²) in [7, 11) is 0. The lowest BCUT2D eigenvalue weighted by Crippen LogP contribution is -2.29. The number of hydrogen-bond acceptors (Lipinski definition) is 3. The lowest BCUT2D eigenvalue weighted by molar-refractivity contribution is -0.141. The number of carboxylic acids is 1. The smallest absolute Gasteiger partial charge is 0.329 e. The Hall–Kier alpha value is -3.35. The van der Waals surface area contributed by atoms with Crippen molar-refractivity contribution in [3.8, 4) is 0 Å². The molecule has 1 aromatic heterocycles. The molecule has 7 heteroatoms. The van der Waals surface area contributed by atoms with Gasteiger partial charge in [-0.3, -0.25) is 18.7 Å². The van der Waals surface area contributed by atoms with E-state index >= 15 is 0 Å². The van der Waals surface area contributed by atoms with Crippen molar-refractivity contribution in [3.63, 3.8) is 0 Å². The molecule has 0 fully saturated rings. The Balaban J connectivity index is 1.73. The number of nitrogens with one attached hydrogen (secondary N) is 1. The number of aliphatic carboxylic acids is 1. The molecule has 0 aliphatic rings. The van der Waals surface area contributed by atoms with Crippen molar-refractivity contribution < 1.29 is 14.7 Å². The van der Waals surface area contributed by atoms with Gasteiger partial charge in [-0.25, -0.2) is 4.79 Å². The number of carbonyl (C=O) groups excluding carboxylic acids is 1. The second kappa shape index (κ2) is 8.12. The summed E-state index contributed by atoms with van der Waals surface area (Å²) < 4.78 is 3.11. The molecule has 3 rings (SSSR count). The summed E-state index contributed by atoms with van der Waals surface area (Å²) in [4.78, 5) is 36.0. The van der Waals surface area contributed by atoms with Crippen molar-refractivity contribution in [1.82, 2.24) is 9.13 Å². The summed E-state index contributed by atoms with van der Waals surface area (Å²) in [6.07, 6.45) is 0.426. The predicted octanol–water partition coefficient (Wildman–Crippen LogP) is 2.72. The average Bonchev–Trinajstić information content (AvgIpc) is 2.94. The minimum absolute atomic E-state index is 0.0792. The van der Waals surface area contributed by atoms with E-state index in [4.69, 9.17) is 5.11 Å². The average molecular weight is 381 g/mol. The summed E-state index contributed by atoms with van der Waals surface area (Å²) >= 11 is 0. The zero-order valence-electron chi connectivity index (χ0n) is 15.9. The number of nitrogens with zero attached hydrogens (tertiary/aromatic N) is 2. The first-order valence-electron chi connectivity index (χ1n) is 9.20. The number of imidazole rings is 1. The van der Waals surface area contributed by atoms with Gasteiger partial charge in [0.25, 0.3) is 0 Å². The maximum Gasteiger partial charge on any atom is 0.329 e. The number of amides is 1. The number of hydrogen-bond donors (Lipinski definition) is 2. The van der Waals surface area contributed by atoms with Gasteiger partial charge < -0.3 is 10.4 Å². The molecule has 0 radical (unpaired) electrons. The molecule has 0 spiro atoms. The molecule has 1 amide bonds. The van der Waals surface area contributed by atoms with E-state index in [1.165, 1.54) is 4.57 Å². The van der Waals surface area contributed by atoms with Gasteiger partial charge in [0.1, 0.15) is 6.54 Å². The summed E-state index contributed by atoms with van der Waals surface area (Å²) in [5.41, 5.74) is 2.80. The Morgan fingerprint density at radius 1 is 1.04 bits per heavy atom. The van der Waals surface area contributed by atoms with Gasteiger partial charge in [-0.2, -0.15) is 0 Å². The lowest BCUT2D eigenvalue weighted by Gasteiger charge is -2.09. The van der Waals surface area contributed by atoms with E-state index in [9.17, 15) is 14.4 Å². The van der Waals surface area contributed by atoms with Gasteiger partial charge in [-0.15, -0.1) is 0 Å². The molecule has 1 atom stereocenters. The molecule has 2 aromatic carbocycles. The quantitative estimate of drug-likeness (QED) is 0.658. The summed E-state index contributed by atoms with van der Waals surface area (Å²) in [6, 6.07) is 14.5. The van der Waals surface area contributed by atoms with E-state index in [1.54, 1.807) is 35.8 Å². The highest BCUT2D eigenvalue weighted by Gasteiger charge is 2.15. The Kier molecular flexibility index (Phi) is 5.63. The van der Waals surface area contributed by atoms with Crippen LogP contribution in [0.25, 0.3) is 11.0 Å². The number of aromatic nitrogens is 2. The van der Waals surface area contributed by atoms with Gasteiger partial charge in [-0.05, 0) is 43.2 Å². The summed E-state index contributed by atoms with van der Waals surface area (Å²) in [5.74, 6) is -1.61. The predicted molar refractivity (Wildman–Crippen MR) is 107 cm³/mol. The molecule has 0 aliphatic heterocycles. The molecule has 0 saturated heterocycles. The standard InChI is InChI=1S/C21H23N3O4/c1-3-23-17-6-4-5-7-18(17)24(21(23)28)13-19(25)22-16-10-8-15(9-11-16)12-14(2)20(26)27/h4-11,14H,3,12-13H2,1-2H3,(H,22,25)(H,26,27). The second-order valence-corrected chi connectivity index (χ2v) is 6.79. The molecule has 0 saturated carbocycles. The fourth-order valence-electron chi connectivity index (χ4n) is 3.24. The minimum atomic E-state index is -0.839. The molecule has 0 bridgehead atoms. The Labute approximate surface area is 162 Å². The molecular weight excluding hydrogens is 358 g/mol. The molecule has 0 aliphatic carbocycles. The molecule has 2 N–H and O–H groups in total. The van der Waals surface area contributed by atoms with Crippen molar-refractivity contribution in [2.75, 3.05) is 5.32 Å². The van der Waals surface area contributed by atoms with Crippen LogP contribution in [0.1, 0.15) is 19.4 Å². The third-order valence-corrected chi connectivity index (χ3v) is 4.74. The highest BCUT2D eigenvalue weighted by atomic mass is 16.4. The van der Waals surface area contributed by atoms with Crippen LogP contribution in [-0.2, 0) is 29.1 Å². The Morgan fingerprint density at radius 2 is 1.64 bits per heavy atom. The lowest BCUT2D eigenvalue weighted by atomic mass is 10.0. The van der Waals surface area contributed by atoms with Gasteiger partial charge in [0, 0.05) is 12.2 Å². The van der Waals surface area contributed by atoms with Crippen LogP contribution in [0.3, 0.4) is 0 Å². The van der Waals surface area contributed by atoms with Crippen LogP contribution in [0.4, 0.5) is 5.69 Å². The number of fused-ring (bicyclic) bond motifs is 1. The Morgan fingerprint density at radius 3 is 2.21 bits per heavy atom. The van der Waals surface area contributed by atoms with Crippen molar-refractivity contribution in [3.05, 3.63) is 64.6 Å². The SMILES string of the molecule is CCn1c(=O)n(CC(=O)Nc2ccc(CC(C)C(=O)O)cc2)c2ccccc21. The number of benzene rings is 2. The van der Waals surface area contributed by atoms with E-state index in [0.29, 0.717) is 18.7 Å². The number of rotatable bonds is 7. The summed E-state index contributed by atoms with van der Waals surface area (Å²) in [5, 5.41) is 11.8. The largest absolute Gasteiger partial charge is 0.481 e. The van der Waals surface area contributed by atoms with Gasteiger partial charge >= 0.3 is 11.7 Å². The number of carbonyl (C=O) groups is 2. The molecule has 3 aromatic rings. The molecule has 7 nitrogen and oxygen atoms in total. The number of anilines is 1. The maximum absolute atomic E-state index is 12.6. The first-order chi connectivity index (χ1) is 13.4. The first-order valence-corrected chi connectivity index (χ1v) is 9.20. The van der Waals surface area contributed by atoms with E-state index in [-0.39, 0.29) is 18.1 Å². The van der Waals surface area contributed by atoms with Gasteiger partial charge in [-0.1, -0.05) is 31.2 Å². The zero-order chi connectivity index (χ0) is 20.3. The second-order valence-electron chi connectivity index (χ2n) is 6.79. The van der Waals surface area contributed by atoms with Crippen LogP contribution in [0, 0.1) is 5.92 Å². The van der Waals surface area contributed by atoms with Crippen molar-refractivity contribution in [2.45, 2.75) is 33.4 Å². The van der Waals surface area contributed by atoms with Crippen LogP contribution < -0.4 is 11.0 Å². The van der Waals surface area contributed by atoms with E-state index in [0.717, 1.165) is 16.6 Å². The Bertz CT molecular complexity index is 1060. The third kappa shape index (κ3) is 3.98. The van der Waals surface area contributed by atoms with Crippen molar-refractivity contribution >= 4 is 28.6 Å². The first kappa shape index (κ1) is 19.4.